The molecule has 1 amide bonds. The summed E-state index contributed by atoms with van der Waals surface area (Å²) >= 11 is 8.20. The molecule has 0 aliphatic heterocycles. The molecule has 2 heterocycles. The van der Waals surface area contributed by atoms with Crippen molar-refractivity contribution in [1.29, 1.82) is 0 Å². The highest BCUT2D eigenvalue weighted by Crippen LogP contribution is 2.28. The third-order valence-corrected chi connectivity index (χ3v) is 7.82. The van der Waals surface area contributed by atoms with Crippen LogP contribution >= 0.6 is 35.3 Å². The van der Waals surface area contributed by atoms with Crippen LogP contribution in [0.2, 0.25) is 0 Å². The van der Waals surface area contributed by atoms with E-state index < -0.39 is 0 Å². The maximum Gasteiger partial charge on any atom is 0.278 e. The quantitative estimate of drug-likeness (QED) is 0.175. The van der Waals surface area contributed by atoms with Crippen LogP contribution in [0.5, 0.6) is 0 Å². The summed E-state index contributed by atoms with van der Waals surface area (Å²) in [6.45, 7) is 4.82. The molecule has 0 fully saturated rings. The fourth-order valence-corrected chi connectivity index (χ4v) is 5.85. The van der Waals surface area contributed by atoms with E-state index >= 15 is 0 Å². The molecule has 176 valence electrons. The summed E-state index contributed by atoms with van der Waals surface area (Å²) in [5, 5.41) is 0.469. The second-order valence-electron chi connectivity index (χ2n) is 7.97. The number of nitrogens with zero attached hydrogens (tertiary/aromatic N) is 4. The molecule has 0 radical (unpaired) electrons. The van der Waals surface area contributed by atoms with Gasteiger partial charge >= 0.3 is 0 Å². The summed E-state index contributed by atoms with van der Waals surface area (Å²) in [6.07, 6.45) is 1.98. The Labute approximate surface area is 211 Å². The van der Waals surface area contributed by atoms with Gasteiger partial charge in [0, 0.05) is 13.6 Å². The van der Waals surface area contributed by atoms with Crippen molar-refractivity contribution in [3.63, 3.8) is 0 Å². The van der Waals surface area contributed by atoms with Gasteiger partial charge in [0.2, 0.25) is 5.91 Å². The number of para-hydroxylation sites is 2. The van der Waals surface area contributed by atoms with Crippen LogP contribution in [0.15, 0.2) is 64.5 Å². The zero-order chi connectivity index (χ0) is 24.2. The number of thioether (sulfide) groups is 1. The Morgan fingerprint density at radius 2 is 1.82 bits per heavy atom. The highest BCUT2D eigenvalue weighted by Gasteiger charge is 2.20. The molecule has 34 heavy (non-hydrogen) atoms. The minimum atomic E-state index is -0.186. The number of amides is 1. The molecule has 0 saturated heterocycles. The molecule has 0 atom stereocenters. The Hall–Kier alpha value is -2.75. The van der Waals surface area contributed by atoms with Crippen molar-refractivity contribution in [1.82, 2.24) is 19.0 Å². The molecule has 0 saturated carbocycles. The van der Waals surface area contributed by atoms with Crippen molar-refractivity contribution in [2.45, 2.75) is 31.8 Å². The summed E-state index contributed by atoms with van der Waals surface area (Å²) in [5.74, 6) is 0.203. The summed E-state index contributed by atoms with van der Waals surface area (Å²) < 4.78 is 4.50. The standard InChI is InChI=1S/C25H26N4O2S3/c1-4-5-15-27(3)20(30)16-33-24-26-22-21(23(31)28(24)18-12-7-6-8-13-18)34-25(32)29(22)19-14-10-9-11-17(19)2/h6-14H,4-5,15-16H2,1-3H3. The van der Waals surface area contributed by atoms with Gasteiger partial charge in [-0.1, -0.05) is 72.8 Å². The van der Waals surface area contributed by atoms with Gasteiger partial charge in [-0.15, -0.1) is 0 Å². The van der Waals surface area contributed by atoms with Crippen LogP contribution in [0.3, 0.4) is 0 Å². The number of hydrogen-bond acceptors (Lipinski definition) is 6. The molecule has 0 aliphatic carbocycles. The number of aromatic nitrogens is 3. The molecule has 0 aliphatic rings. The lowest BCUT2D eigenvalue weighted by Gasteiger charge is -2.17. The first-order valence-corrected chi connectivity index (χ1v) is 13.3. The van der Waals surface area contributed by atoms with E-state index in [4.69, 9.17) is 17.2 Å². The normalized spacial score (nSPS) is 11.1. The number of carbonyl (C=O) groups excluding carboxylic acids is 1. The van der Waals surface area contributed by atoms with Crippen LogP contribution in [0.4, 0.5) is 0 Å². The first-order valence-electron chi connectivity index (χ1n) is 11.1. The molecule has 2 aromatic heterocycles. The number of rotatable bonds is 8. The minimum Gasteiger partial charge on any atom is -0.345 e. The fraction of sp³-hybridized carbons (Fsp3) is 0.280. The van der Waals surface area contributed by atoms with Gasteiger partial charge in [0.05, 0.1) is 17.1 Å². The van der Waals surface area contributed by atoms with Gasteiger partial charge in [-0.05, 0) is 49.3 Å². The van der Waals surface area contributed by atoms with E-state index in [1.165, 1.54) is 23.1 Å². The highest BCUT2D eigenvalue weighted by molar-refractivity contribution is 7.99. The predicted octanol–water partition coefficient (Wildman–Crippen LogP) is 5.63. The molecule has 4 aromatic rings. The summed E-state index contributed by atoms with van der Waals surface area (Å²) in [4.78, 5) is 33.1. The van der Waals surface area contributed by atoms with Crippen LogP contribution in [-0.4, -0.2) is 44.3 Å². The van der Waals surface area contributed by atoms with Gasteiger partial charge in [0.1, 0.15) is 4.70 Å². The molecule has 6 nitrogen and oxygen atoms in total. The SMILES string of the molecule is CCCCN(C)C(=O)CSc1nc2c(sc(=S)n2-c2ccccc2C)c(=O)n1-c1ccccc1. The van der Waals surface area contributed by atoms with E-state index in [1.807, 2.05) is 73.1 Å². The Morgan fingerprint density at radius 1 is 1.12 bits per heavy atom. The average molecular weight is 511 g/mol. The zero-order valence-corrected chi connectivity index (χ0v) is 21.8. The lowest BCUT2D eigenvalue weighted by molar-refractivity contribution is -0.127. The number of unbranched alkanes of at least 4 members (excludes halogenated alkanes) is 1. The van der Waals surface area contributed by atoms with E-state index in [2.05, 4.69) is 6.92 Å². The smallest absolute Gasteiger partial charge is 0.278 e. The Bertz CT molecular complexity index is 1440. The number of aryl methyl sites for hydroxylation is 1. The first-order chi connectivity index (χ1) is 16.4. The van der Waals surface area contributed by atoms with Gasteiger partial charge in [-0.25, -0.2) is 4.98 Å². The maximum absolute atomic E-state index is 13.7. The molecular formula is C25H26N4O2S3. The molecule has 9 heteroatoms. The van der Waals surface area contributed by atoms with Gasteiger partial charge in [-0.2, -0.15) is 0 Å². The number of carbonyl (C=O) groups is 1. The van der Waals surface area contributed by atoms with Gasteiger partial charge < -0.3 is 4.90 Å². The lowest BCUT2D eigenvalue weighted by Crippen LogP contribution is -2.29. The maximum atomic E-state index is 13.7. The lowest BCUT2D eigenvalue weighted by atomic mass is 10.2. The van der Waals surface area contributed by atoms with Crippen LogP contribution in [0, 0.1) is 10.9 Å². The van der Waals surface area contributed by atoms with Gasteiger partial charge in [0.15, 0.2) is 14.8 Å². The molecule has 2 aromatic carbocycles. The zero-order valence-electron chi connectivity index (χ0n) is 19.4. The molecule has 0 spiro atoms. The highest BCUT2D eigenvalue weighted by atomic mass is 32.2. The van der Waals surface area contributed by atoms with Crippen molar-refractivity contribution >= 4 is 51.6 Å². The Balaban J connectivity index is 1.86. The van der Waals surface area contributed by atoms with E-state index in [0.29, 0.717) is 31.7 Å². The monoisotopic (exact) mass is 510 g/mol. The second kappa shape index (κ2) is 10.7. The van der Waals surface area contributed by atoms with Gasteiger partial charge in [-0.3, -0.25) is 18.7 Å². The van der Waals surface area contributed by atoms with Crippen LogP contribution < -0.4 is 5.56 Å². The molecule has 4 rings (SSSR count). The summed E-state index contributed by atoms with van der Waals surface area (Å²) in [6, 6.07) is 17.3. The Morgan fingerprint density at radius 3 is 2.53 bits per heavy atom. The van der Waals surface area contributed by atoms with Crippen LogP contribution in [-0.2, 0) is 4.79 Å². The molecular weight excluding hydrogens is 485 g/mol. The first kappa shape index (κ1) is 24.4. The van der Waals surface area contributed by atoms with Crippen LogP contribution in [0.25, 0.3) is 21.7 Å². The Kier molecular flexibility index (Phi) is 7.65. The predicted molar refractivity (Wildman–Crippen MR) is 143 cm³/mol. The van der Waals surface area contributed by atoms with Crippen molar-refractivity contribution in [2.75, 3.05) is 19.3 Å². The number of thiazole rings is 1. The second-order valence-corrected chi connectivity index (χ2v) is 10.6. The summed E-state index contributed by atoms with van der Waals surface area (Å²) in [5.41, 5.74) is 2.98. The third kappa shape index (κ3) is 4.87. The van der Waals surface area contributed by atoms with E-state index in [1.54, 1.807) is 9.47 Å². The van der Waals surface area contributed by atoms with Crippen molar-refractivity contribution in [3.8, 4) is 11.4 Å². The van der Waals surface area contributed by atoms with E-state index in [0.717, 1.165) is 24.1 Å². The average Bonchev–Trinajstić information content (AvgIpc) is 3.17. The van der Waals surface area contributed by atoms with E-state index in [9.17, 15) is 9.59 Å². The van der Waals surface area contributed by atoms with Crippen molar-refractivity contribution in [3.05, 3.63) is 74.5 Å². The summed E-state index contributed by atoms with van der Waals surface area (Å²) in [7, 11) is 1.81. The third-order valence-electron chi connectivity index (χ3n) is 5.55. The van der Waals surface area contributed by atoms with Gasteiger partial charge in [0.25, 0.3) is 5.56 Å². The topological polar surface area (TPSA) is 60.1 Å². The molecule has 0 unspecified atom stereocenters. The van der Waals surface area contributed by atoms with Crippen molar-refractivity contribution in [2.24, 2.45) is 0 Å². The number of benzene rings is 2. The molecule has 0 bridgehead atoms. The molecule has 0 N–H and O–H groups in total. The van der Waals surface area contributed by atoms with E-state index in [-0.39, 0.29) is 17.2 Å². The number of fused-ring (bicyclic) bond motifs is 1. The minimum absolute atomic E-state index is 0.00784. The van der Waals surface area contributed by atoms with Crippen LogP contribution in [0.1, 0.15) is 25.3 Å². The number of hydrogen-bond donors (Lipinski definition) is 0. The largest absolute Gasteiger partial charge is 0.345 e. The van der Waals surface area contributed by atoms with Crippen molar-refractivity contribution < 1.29 is 4.79 Å². The fourth-order valence-electron chi connectivity index (χ4n) is 3.62.